The lowest BCUT2D eigenvalue weighted by molar-refractivity contribution is 0.141. The monoisotopic (exact) mass is 240 g/mol. The lowest BCUT2D eigenvalue weighted by Gasteiger charge is -2.21. The minimum Gasteiger partial charge on any atom is -0.460 e. The number of halogens is 1. The summed E-state index contributed by atoms with van der Waals surface area (Å²) in [7, 11) is 0. The van der Waals surface area contributed by atoms with Crippen LogP contribution in [0, 0.1) is 6.92 Å². The second-order valence-electron chi connectivity index (χ2n) is 4.27. The molecule has 1 aromatic heterocycles. The van der Waals surface area contributed by atoms with Crippen LogP contribution in [0.2, 0.25) is 0 Å². The molecular formula is C12H17ClN2O. The van der Waals surface area contributed by atoms with Gasteiger partial charge in [0.2, 0.25) is 0 Å². The molecule has 1 aliphatic rings. The van der Waals surface area contributed by atoms with Crippen LogP contribution in [-0.4, -0.2) is 16.1 Å². The van der Waals surface area contributed by atoms with Crippen molar-refractivity contribution in [3.05, 3.63) is 17.5 Å². The molecular weight excluding hydrogens is 224 g/mol. The summed E-state index contributed by atoms with van der Waals surface area (Å²) < 4.78 is 5.77. The lowest BCUT2D eigenvalue weighted by Crippen LogP contribution is -2.21. The molecule has 0 unspecified atom stereocenters. The van der Waals surface area contributed by atoms with E-state index in [1.807, 2.05) is 6.92 Å². The molecule has 0 bridgehead atoms. The summed E-state index contributed by atoms with van der Waals surface area (Å²) in [5, 5.41) is 0. The summed E-state index contributed by atoms with van der Waals surface area (Å²) in [4.78, 5) is 8.51. The smallest absolute Gasteiger partial charge is 0.316 e. The first kappa shape index (κ1) is 11.6. The van der Waals surface area contributed by atoms with Gasteiger partial charge >= 0.3 is 6.01 Å². The van der Waals surface area contributed by atoms with E-state index in [4.69, 9.17) is 16.3 Å². The zero-order chi connectivity index (χ0) is 11.4. The molecule has 0 saturated heterocycles. The Balaban J connectivity index is 2.01. The number of aromatic nitrogens is 2. The van der Waals surface area contributed by atoms with Crippen molar-refractivity contribution in [1.82, 2.24) is 9.97 Å². The van der Waals surface area contributed by atoms with Gasteiger partial charge in [0.25, 0.3) is 0 Å². The summed E-state index contributed by atoms with van der Waals surface area (Å²) >= 11 is 5.76. The summed E-state index contributed by atoms with van der Waals surface area (Å²) in [5.74, 6) is 0.454. The fraction of sp³-hybridized carbons (Fsp3) is 0.667. The Bertz CT molecular complexity index is 351. The topological polar surface area (TPSA) is 35.0 Å². The molecule has 88 valence electrons. The number of rotatable bonds is 3. The standard InChI is InChI=1S/C12H17ClN2O/c1-9-10(7-13)8-14-12(15-9)16-11-5-3-2-4-6-11/h8,11H,2-7H2,1H3. The van der Waals surface area contributed by atoms with E-state index in [0.29, 0.717) is 18.0 Å². The number of nitrogens with zero attached hydrogens (tertiary/aromatic N) is 2. The third kappa shape index (κ3) is 2.85. The average molecular weight is 241 g/mol. The zero-order valence-electron chi connectivity index (χ0n) is 9.58. The van der Waals surface area contributed by atoms with Crippen LogP contribution in [0.15, 0.2) is 6.20 Å². The van der Waals surface area contributed by atoms with E-state index in [1.165, 1.54) is 19.3 Å². The van der Waals surface area contributed by atoms with Crippen LogP contribution in [0.4, 0.5) is 0 Å². The first-order chi connectivity index (χ1) is 7.79. The van der Waals surface area contributed by atoms with E-state index < -0.39 is 0 Å². The Morgan fingerprint density at radius 3 is 2.75 bits per heavy atom. The number of ether oxygens (including phenoxy) is 1. The molecule has 2 rings (SSSR count). The number of aryl methyl sites for hydroxylation is 1. The fourth-order valence-corrected chi connectivity index (χ4v) is 2.25. The Labute approximate surface area is 101 Å². The number of alkyl halides is 1. The van der Waals surface area contributed by atoms with Crippen molar-refractivity contribution in [1.29, 1.82) is 0 Å². The molecule has 1 fully saturated rings. The van der Waals surface area contributed by atoms with E-state index in [0.717, 1.165) is 24.1 Å². The molecule has 4 heteroatoms. The molecule has 0 radical (unpaired) electrons. The molecule has 0 amide bonds. The van der Waals surface area contributed by atoms with Crippen LogP contribution >= 0.6 is 11.6 Å². The molecule has 16 heavy (non-hydrogen) atoms. The highest BCUT2D eigenvalue weighted by atomic mass is 35.5. The van der Waals surface area contributed by atoms with Crippen LogP contribution in [-0.2, 0) is 5.88 Å². The predicted molar refractivity (Wildman–Crippen MR) is 63.8 cm³/mol. The third-order valence-electron chi connectivity index (χ3n) is 3.03. The summed E-state index contributed by atoms with van der Waals surface area (Å²) in [5.41, 5.74) is 1.88. The van der Waals surface area contributed by atoms with Gasteiger partial charge in [-0.1, -0.05) is 6.42 Å². The molecule has 0 aromatic carbocycles. The van der Waals surface area contributed by atoms with E-state index in [9.17, 15) is 0 Å². The molecule has 1 aliphatic carbocycles. The van der Waals surface area contributed by atoms with Gasteiger partial charge in [-0.15, -0.1) is 11.6 Å². The van der Waals surface area contributed by atoms with Gasteiger partial charge in [0.15, 0.2) is 0 Å². The maximum Gasteiger partial charge on any atom is 0.316 e. The van der Waals surface area contributed by atoms with Gasteiger partial charge in [0.05, 0.1) is 5.88 Å². The summed E-state index contributed by atoms with van der Waals surface area (Å²) in [6.45, 7) is 1.94. The quantitative estimate of drug-likeness (QED) is 0.761. The molecule has 1 heterocycles. The number of hydrogen-bond acceptors (Lipinski definition) is 3. The van der Waals surface area contributed by atoms with Gasteiger partial charge in [0.1, 0.15) is 6.10 Å². The van der Waals surface area contributed by atoms with E-state index in [2.05, 4.69) is 9.97 Å². The predicted octanol–water partition coefficient (Wildman–Crippen LogP) is 3.24. The molecule has 0 spiro atoms. The SMILES string of the molecule is Cc1nc(OC2CCCCC2)ncc1CCl. The Morgan fingerprint density at radius 2 is 2.12 bits per heavy atom. The third-order valence-corrected chi connectivity index (χ3v) is 3.32. The van der Waals surface area contributed by atoms with Crippen LogP contribution in [0.1, 0.15) is 43.4 Å². The normalized spacial score (nSPS) is 17.4. The maximum absolute atomic E-state index is 5.77. The minimum atomic E-state index is 0.301. The second kappa shape index (κ2) is 5.48. The van der Waals surface area contributed by atoms with Gasteiger partial charge in [-0.3, -0.25) is 0 Å². The van der Waals surface area contributed by atoms with Crippen molar-refractivity contribution in [2.45, 2.75) is 51.0 Å². The Morgan fingerprint density at radius 1 is 1.38 bits per heavy atom. The van der Waals surface area contributed by atoms with Crippen molar-refractivity contribution < 1.29 is 4.74 Å². The Hall–Kier alpha value is -0.830. The molecule has 3 nitrogen and oxygen atoms in total. The van der Waals surface area contributed by atoms with Crippen LogP contribution < -0.4 is 4.74 Å². The van der Waals surface area contributed by atoms with E-state index in [-0.39, 0.29) is 0 Å². The minimum absolute atomic E-state index is 0.301. The van der Waals surface area contributed by atoms with E-state index >= 15 is 0 Å². The van der Waals surface area contributed by atoms with Crippen molar-refractivity contribution in [2.24, 2.45) is 0 Å². The summed E-state index contributed by atoms with van der Waals surface area (Å²) in [6.07, 6.45) is 8.14. The van der Waals surface area contributed by atoms with Crippen molar-refractivity contribution in [3.63, 3.8) is 0 Å². The maximum atomic E-state index is 5.77. The molecule has 0 N–H and O–H groups in total. The van der Waals surface area contributed by atoms with Gasteiger partial charge in [0, 0.05) is 17.5 Å². The molecule has 1 aromatic rings. The van der Waals surface area contributed by atoms with Crippen molar-refractivity contribution in [3.8, 4) is 6.01 Å². The fourth-order valence-electron chi connectivity index (χ4n) is 1.99. The first-order valence-corrected chi connectivity index (χ1v) is 6.38. The van der Waals surface area contributed by atoms with Crippen molar-refractivity contribution in [2.75, 3.05) is 0 Å². The van der Waals surface area contributed by atoms with Gasteiger partial charge in [-0.05, 0) is 32.6 Å². The highest BCUT2D eigenvalue weighted by Gasteiger charge is 2.16. The van der Waals surface area contributed by atoms with Crippen LogP contribution in [0.3, 0.4) is 0 Å². The van der Waals surface area contributed by atoms with E-state index in [1.54, 1.807) is 6.20 Å². The summed E-state index contributed by atoms with van der Waals surface area (Å²) in [6, 6.07) is 0.498. The van der Waals surface area contributed by atoms with Gasteiger partial charge < -0.3 is 4.74 Å². The van der Waals surface area contributed by atoms with Gasteiger partial charge in [-0.25, -0.2) is 9.97 Å². The first-order valence-electron chi connectivity index (χ1n) is 5.84. The molecule has 0 aliphatic heterocycles. The Kier molecular flexibility index (Phi) is 3.99. The molecule has 1 saturated carbocycles. The number of hydrogen-bond donors (Lipinski definition) is 0. The average Bonchev–Trinajstić information content (AvgIpc) is 2.31. The van der Waals surface area contributed by atoms with Crippen molar-refractivity contribution >= 4 is 11.6 Å². The van der Waals surface area contributed by atoms with Crippen LogP contribution in [0.25, 0.3) is 0 Å². The lowest BCUT2D eigenvalue weighted by atomic mass is 9.98. The molecule has 0 atom stereocenters. The highest BCUT2D eigenvalue weighted by molar-refractivity contribution is 6.17. The largest absolute Gasteiger partial charge is 0.460 e. The second-order valence-corrected chi connectivity index (χ2v) is 4.54. The van der Waals surface area contributed by atoms with Crippen LogP contribution in [0.5, 0.6) is 6.01 Å². The van der Waals surface area contributed by atoms with Gasteiger partial charge in [-0.2, -0.15) is 0 Å². The highest BCUT2D eigenvalue weighted by Crippen LogP contribution is 2.21. The zero-order valence-corrected chi connectivity index (χ0v) is 10.3.